The molecule has 9 heteroatoms. The van der Waals surface area contributed by atoms with Crippen LogP contribution in [0.4, 0.5) is 5.69 Å². The first-order valence-corrected chi connectivity index (χ1v) is 9.82. The fraction of sp³-hybridized carbons (Fsp3) is 0.333. The minimum atomic E-state index is -0.0202. The number of nitrogens with zero attached hydrogens (tertiary/aromatic N) is 6. The SMILES string of the molecule is COc1cccc(N2CCN(C(=O)Cn3nnc(COc4ccccc4)n3)CC2)c1. The van der Waals surface area contributed by atoms with Crippen LogP contribution >= 0.6 is 0 Å². The zero-order chi connectivity index (χ0) is 20.8. The molecule has 1 saturated heterocycles. The van der Waals surface area contributed by atoms with E-state index < -0.39 is 0 Å². The maximum absolute atomic E-state index is 12.6. The monoisotopic (exact) mass is 408 g/mol. The minimum absolute atomic E-state index is 0.0202. The number of carbonyl (C=O) groups is 1. The predicted molar refractivity (Wildman–Crippen MR) is 110 cm³/mol. The zero-order valence-corrected chi connectivity index (χ0v) is 16.8. The lowest BCUT2D eigenvalue weighted by Crippen LogP contribution is -2.49. The van der Waals surface area contributed by atoms with Crippen molar-refractivity contribution in [2.75, 3.05) is 38.2 Å². The van der Waals surface area contributed by atoms with E-state index in [2.05, 4.69) is 26.4 Å². The van der Waals surface area contributed by atoms with Gasteiger partial charge in [-0.1, -0.05) is 24.3 Å². The maximum Gasteiger partial charge on any atom is 0.246 e. The van der Waals surface area contributed by atoms with Crippen LogP contribution in [0.5, 0.6) is 11.5 Å². The Morgan fingerprint density at radius 2 is 1.77 bits per heavy atom. The van der Waals surface area contributed by atoms with E-state index >= 15 is 0 Å². The van der Waals surface area contributed by atoms with Crippen LogP contribution in [-0.4, -0.2) is 64.3 Å². The molecule has 3 aromatic rings. The minimum Gasteiger partial charge on any atom is -0.497 e. The number of piperazine rings is 1. The van der Waals surface area contributed by atoms with Gasteiger partial charge in [0.25, 0.3) is 0 Å². The first kappa shape index (κ1) is 19.7. The van der Waals surface area contributed by atoms with Gasteiger partial charge in [0, 0.05) is 37.9 Å². The molecular weight excluding hydrogens is 384 g/mol. The molecule has 4 rings (SSSR count). The molecule has 2 heterocycles. The summed E-state index contributed by atoms with van der Waals surface area (Å²) in [4.78, 5) is 18.0. The number of ether oxygens (including phenoxy) is 2. The van der Waals surface area contributed by atoms with Crippen LogP contribution in [0.25, 0.3) is 0 Å². The van der Waals surface area contributed by atoms with Crippen molar-refractivity contribution in [3.8, 4) is 11.5 Å². The molecule has 0 unspecified atom stereocenters. The Balaban J connectivity index is 1.26. The van der Waals surface area contributed by atoms with Crippen molar-refractivity contribution in [1.29, 1.82) is 0 Å². The lowest BCUT2D eigenvalue weighted by molar-refractivity contribution is -0.132. The van der Waals surface area contributed by atoms with E-state index in [1.807, 2.05) is 53.4 Å². The van der Waals surface area contributed by atoms with E-state index in [-0.39, 0.29) is 19.1 Å². The van der Waals surface area contributed by atoms with E-state index in [1.165, 1.54) is 4.80 Å². The largest absolute Gasteiger partial charge is 0.497 e. The van der Waals surface area contributed by atoms with Crippen LogP contribution < -0.4 is 14.4 Å². The van der Waals surface area contributed by atoms with Gasteiger partial charge in [0.1, 0.15) is 18.0 Å². The van der Waals surface area contributed by atoms with Gasteiger partial charge in [-0.15, -0.1) is 10.2 Å². The maximum atomic E-state index is 12.6. The number of tetrazole rings is 1. The van der Waals surface area contributed by atoms with Gasteiger partial charge >= 0.3 is 0 Å². The van der Waals surface area contributed by atoms with Gasteiger partial charge in [-0.2, -0.15) is 4.80 Å². The van der Waals surface area contributed by atoms with Crippen LogP contribution in [0.1, 0.15) is 5.82 Å². The molecule has 0 atom stereocenters. The Morgan fingerprint density at radius 1 is 1.00 bits per heavy atom. The number of benzene rings is 2. The molecule has 1 aliphatic rings. The first-order chi connectivity index (χ1) is 14.7. The third kappa shape index (κ3) is 4.86. The number of hydrogen-bond donors (Lipinski definition) is 0. The van der Waals surface area contributed by atoms with Crippen molar-refractivity contribution < 1.29 is 14.3 Å². The number of aromatic nitrogens is 4. The average Bonchev–Trinajstić information content (AvgIpc) is 3.26. The number of amides is 1. The fourth-order valence-electron chi connectivity index (χ4n) is 3.31. The Labute approximate surface area is 174 Å². The highest BCUT2D eigenvalue weighted by atomic mass is 16.5. The highest BCUT2D eigenvalue weighted by molar-refractivity contribution is 5.76. The summed E-state index contributed by atoms with van der Waals surface area (Å²) in [6, 6.07) is 17.4. The van der Waals surface area contributed by atoms with Crippen LogP contribution in [0.3, 0.4) is 0 Å². The van der Waals surface area contributed by atoms with Crippen LogP contribution in [0.2, 0.25) is 0 Å². The molecule has 156 valence electrons. The third-order valence-corrected chi connectivity index (χ3v) is 4.93. The lowest BCUT2D eigenvalue weighted by atomic mass is 10.2. The van der Waals surface area contributed by atoms with E-state index in [4.69, 9.17) is 9.47 Å². The molecule has 0 spiro atoms. The highest BCUT2D eigenvalue weighted by Crippen LogP contribution is 2.22. The summed E-state index contributed by atoms with van der Waals surface area (Å²) >= 11 is 0. The molecule has 0 N–H and O–H groups in total. The van der Waals surface area contributed by atoms with Gasteiger partial charge < -0.3 is 19.3 Å². The van der Waals surface area contributed by atoms with E-state index in [0.29, 0.717) is 18.9 Å². The topological polar surface area (TPSA) is 85.6 Å². The molecule has 30 heavy (non-hydrogen) atoms. The Bertz CT molecular complexity index is 970. The summed E-state index contributed by atoms with van der Waals surface area (Å²) in [6.45, 7) is 3.10. The van der Waals surface area contributed by atoms with Crippen molar-refractivity contribution in [3.05, 3.63) is 60.4 Å². The molecule has 0 aliphatic carbocycles. The normalized spacial score (nSPS) is 13.9. The molecule has 0 radical (unpaired) electrons. The number of para-hydroxylation sites is 1. The summed E-state index contributed by atoms with van der Waals surface area (Å²) in [6.07, 6.45) is 0. The van der Waals surface area contributed by atoms with Crippen molar-refractivity contribution in [2.24, 2.45) is 0 Å². The van der Waals surface area contributed by atoms with Crippen molar-refractivity contribution in [2.45, 2.75) is 13.2 Å². The zero-order valence-electron chi connectivity index (χ0n) is 16.8. The number of rotatable bonds is 7. The van der Waals surface area contributed by atoms with Crippen molar-refractivity contribution in [3.63, 3.8) is 0 Å². The average molecular weight is 408 g/mol. The number of carbonyl (C=O) groups excluding carboxylic acids is 1. The van der Waals surface area contributed by atoms with Crippen LogP contribution in [0, 0.1) is 0 Å². The molecule has 0 saturated carbocycles. The number of methoxy groups -OCH3 is 1. The molecule has 0 bridgehead atoms. The smallest absolute Gasteiger partial charge is 0.246 e. The van der Waals surface area contributed by atoms with Gasteiger partial charge in [-0.05, 0) is 29.5 Å². The van der Waals surface area contributed by atoms with Gasteiger partial charge in [-0.3, -0.25) is 4.79 Å². The Hall–Kier alpha value is -3.62. The third-order valence-electron chi connectivity index (χ3n) is 4.93. The second-order valence-electron chi connectivity index (χ2n) is 6.91. The quantitative estimate of drug-likeness (QED) is 0.587. The fourth-order valence-corrected chi connectivity index (χ4v) is 3.31. The summed E-state index contributed by atoms with van der Waals surface area (Å²) < 4.78 is 10.9. The van der Waals surface area contributed by atoms with E-state index in [1.54, 1.807) is 7.11 Å². The standard InChI is InChI=1S/C21H24N6O3/c1-29-19-9-5-6-17(14-19)25-10-12-26(13-11-25)21(28)15-27-23-20(22-24-27)16-30-18-7-3-2-4-8-18/h2-9,14H,10-13,15-16H2,1H3. The molecule has 1 aliphatic heterocycles. The van der Waals surface area contributed by atoms with Gasteiger partial charge in [-0.25, -0.2) is 0 Å². The summed E-state index contributed by atoms with van der Waals surface area (Å²) in [5.74, 6) is 1.98. The summed E-state index contributed by atoms with van der Waals surface area (Å²) in [5, 5.41) is 12.2. The predicted octanol–water partition coefficient (Wildman–Crippen LogP) is 1.61. The number of hydrogen-bond acceptors (Lipinski definition) is 7. The summed E-state index contributed by atoms with van der Waals surface area (Å²) in [5.41, 5.74) is 1.10. The van der Waals surface area contributed by atoms with Gasteiger partial charge in [0.05, 0.1) is 7.11 Å². The molecule has 1 fully saturated rings. The van der Waals surface area contributed by atoms with Gasteiger partial charge in [0.15, 0.2) is 6.61 Å². The van der Waals surface area contributed by atoms with Crippen molar-refractivity contribution >= 4 is 11.6 Å². The second kappa shape index (κ2) is 9.25. The van der Waals surface area contributed by atoms with E-state index in [9.17, 15) is 4.79 Å². The number of anilines is 1. The molecule has 1 amide bonds. The second-order valence-corrected chi connectivity index (χ2v) is 6.91. The van der Waals surface area contributed by atoms with Crippen molar-refractivity contribution in [1.82, 2.24) is 25.1 Å². The molecule has 2 aromatic carbocycles. The molecule has 9 nitrogen and oxygen atoms in total. The van der Waals surface area contributed by atoms with Crippen LogP contribution in [0.15, 0.2) is 54.6 Å². The Morgan fingerprint density at radius 3 is 2.53 bits per heavy atom. The molecular formula is C21H24N6O3. The van der Waals surface area contributed by atoms with E-state index in [0.717, 1.165) is 30.3 Å². The first-order valence-electron chi connectivity index (χ1n) is 9.82. The molecule has 1 aromatic heterocycles. The highest BCUT2D eigenvalue weighted by Gasteiger charge is 2.22. The summed E-state index contributed by atoms with van der Waals surface area (Å²) in [7, 11) is 1.66. The Kier molecular flexibility index (Phi) is 6.07. The van der Waals surface area contributed by atoms with Gasteiger partial charge in [0.2, 0.25) is 11.7 Å². The lowest BCUT2D eigenvalue weighted by Gasteiger charge is -2.36. The van der Waals surface area contributed by atoms with Crippen LogP contribution in [-0.2, 0) is 17.9 Å².